The Morgan fingerprint density at radius 1 is 1.12 bits per heavy atom. The van der Waals surface area contributed by atoms with Crippen molar-refractivity contribution in [1.29, 1.82) is 0 Å². The lowest BCUT2D eigenvalue weighted by Gasteiger charge is -2.16. The molecule has 2 N–H and O–H groups in total. The summed E-state index contributed by atoms with van der Waals surface area (Å²) in [7, 11) is 1.75. The number of benzene rings is 1. The van der Waals surface area contributed by atoms with E-state index in [1.807, 2.05) is 23.1 Å². The minimum Gasteiger partial charge on any atom is -0.352 e. The summed E-state index contributed by atoms with van der Waals surface area (Å²) in [5.41, 5.74) is 3.31. The van der Waals surface area contributed by atoms with Crippen LogP contribution >= 0.6 is 0 Å². The van der Waals surface area contributed by atoms with Crippen molar-refractivity contribution in [3.8, 4) is 0 Å². The lowest BCUT2D eigenvalue weighted by molar-refractivity contribution is -0.128. The van der Waals surface area contributed by atoms with Gasteiger partial charge in [0.05, 0.1) is 12.2 Å². The van der Waals surface area contributed by atoms with Gasteiger partial charge in [0.15, 0.2) is 5.96 Å². The molecule has 0 bridgehead atoms. The molecule has 1 fully saturated rings. The van der Waals surface area contributed by atoms with E-state index < -0.39 is 0 Å². The van der Waals surface area contributed by atoms with E-state index in [4.69, 9.17) is 0 Å². The molecule has 0 atom stereocenters. The Bertz CT molecular complexity index is 743. The van der Waals surface area contributed by atoms with E-state index in [0.29, 0.717) is 26.1 Å². The summed E-state index contributed by atoms with van der Waals surface area (Å²) in [5.74, 6) is 1.00. The highest BCUT2D eigenvalue weighted by Gasteiger charge is 2.19. The quantitative estimate of drug-likeness (QED) is 0.617. The first kappa shape index (κ1) is 17.9. The molecule has 26 heavy (non-hydrogen) atoms. The van der Waals surface area contributed by atoms with Crippen molar-refractivity contribution >= 4 is 11.9 Å². The van der Waals surface area contributed by atoms with Crippen LogP contribution in [0.1, 0.15) is 29.7 Å². The second kappa shape index (κ2) is 8.99. The fourth-order valence-corrected chi connectivity index (χ4v) is 2.94. The number of pyridine rings is 1. The summed E-state index contributed by atoms with van der Waals surface area (Å²) in [4.78, 5) is 22.2. The third-order valence-corrected chi connectivity index (χ3v) is 4.41. The van der Waals surface area contributed by atoms with Gasteiger partial charge in [-0.25, -0.2) is 0 Å². The highest BCUT2D eigenvalue weighted by atomic mass is 16.2. The summed E-state index contributed by atoms with van der Waals surface area (Å²) in [5, 5.41) is 6.55. The van der Waals surface area contributed by atoms with E-state index in [9.17, 15) is 4.79 Å². The number of guanidine groups is 1. The zero-order valence-corrected chi connectivity index (χ0v) is 15.1. The number of rotatable bonds is 6. The molecule has 3 rings (SSSR count). The molecule has 6 heteroatoms. The molecule has 0 radical (unpaired) electrons. The van der Waals surface area contributed by atoms with Gasteiger partial charge in [0.25, 0.3) is 0 Å². The van der Waals surface area contributed by atoms with Crippen LogP contribution in [-0.2, 0) is 24.4 Å². The van der Waals surface area contributed by atoms with Crippen LogP contribution in [0.4, 0.5) is 0 Å². The maximum absolute atomic E-state index is 11.7. The van der Waals surface area contributed by atoms with E-state index in [1.165, 1.54) is 11.1 Å². The molecule has 0 spiro atoms. The Morgan fingerprint density at radius 3 is 2.54 bits per heavy atom. The van der Waals surface area contributed by atoms with Crippen LogP contribution in [0.2, 0.25) is 0 Å². The molecule has 1 aliphatic rings. The molecule has 136 valence electrons. The molecular formula is C20H25N5O. The average molecular weight is 351 g/mol. The monoisotopic (exact) mass is 351 g/mol. The number of aliphatic imine (C=N–C) groups is 1. The predicted molar refractivity (Wildman–Crippen MR) is 102 cm³/mol. The molecule has 1 aromatic carbocycles. The number of likely N-dealkylation sites (tertiary alicyclic amines) is 1. The Hall–Kier alpha value is -2.89. The molecule has 6 nitrogen and oxygen atoms in total. The second-order valence-electron chi connectivity index (χ2n) is 6.34. The fourth-order valence-electron chi connectivity index (χ4n) is 2.94. The van der Waals surface area contributed by atoms with Crippen LogP contribution in [0, 0.1) is 0 Å². The lowest BCUT2D eigenvalue weighted by atomic mass is 10.1. The summed E-state index contributed by atoms with van der Waals surface area (Å²) in [6, 6.07) is 14.2. The molecule has 0 saturated carbocycles. The third kappa shape index (κ3) is 5.05. The van der Waals surface area contributed by atoms with Gasteiger partial charge in [0.1, 0.15) is 0 Å². The highest BCUT2D eigenvalue weighted by Crippen LogP contribution is 2.14. The van der Waals surface area contributed by atoms with Crippen LogP contribution in [0.25, 0.3) is 0 Å². The minimum atomic E-state index is 0.263. The lowest BCUT2D eigenvalue weighted by Crippen LogP contribution is -2.36. The van der Waals surface area contributed by atoms with Crippen LogP contribution in [0.3, 0.4) is 0 Å². The van der Waals surface area contributed by atoms with E-state index in [0.717, 1.165) is 24.6 Å². The van der Waals surface area contributed by atoms with Crippen LogP contribution < -0.4 is 10.6 Å². The first-order chi connectivity index (χ1) is 12.7. The second-order valence-corrected chi connectivity index (χ2v) is 6.34. The predicted octanol–water partition coefficient (Wildman–Crippen LogP) is 2.07. The minimum absolute atomic E-state index is 0.263. The highest BCUT2D eigenvalue weighted by molar-refractivity contribution is 5.79. The zero-order valence-electron chi connectivity index (χ0n) is 15.1. The smallest absolute Gasteiger partial charge is 0.222 e. The maximum atomic E-state index is 11.7. The Labute approximate surface area is 154 Å². The Kier molecular flexibility index (Phi) is 6.19. The van der Waals surface area contributed by atoms with Gasteiger partial charge in [-0.15, -0.1) is 0 Å². The van der Waals surface area contributed by atoms with Crippen LogP contribution in [0.5, 0.6) is 0 Å². The first-order valence-corrected chi connectivity index (χ1v) is 8.94. The van der Waals surface area contributed by atoms with Crippen LogP contribution in [-0.4, -0.2) is 35.3 Å². The molecule has 2 aromatic rings. The fraction of sp³-hybridized carbons (Fsp3) is 0.350. The number of aromatic nitrogens is 1. The normalized spacial score (nSPS) is 14.6. The van der Waals surface area contributed by atoms with Crippen molar-refractivity contribution in [2.75, 3.05) is 13.6 Å². The zero-order chi connectivity index (χ0) is 18.2. The summed E-state index contributed by atoms with van der Waals surface area (Å²) >= 11 is 0. The van der Waals surface area contributed by atoms with Crippen molar-refractivity contribution < 1.29 is 4.79 Å². The maximum Gasteiger partial charge on any atom is 0.222 e. The number of carbonyl (C=O) groups is 1. The average Bonchev–Trinajstić information content (AvgIpc) is 3.08. The van der Waals surface area contributed by atoms with Crippen LogP contribution in [0.15, 0.2) is 53.7 Å². The Morgan fingerprint density at radius 2 is 1.88 bits per heavy atom. The van der Waals surface area contributed by atoms with E-state index in [2.05, 4.69) is 44.9 Å². The van der Waals surface area contributed by atoms with Crippen molar-refractivity contribution in [3.05, 3.63) is 65.5 Å². The summed E-state index contributed by atoms with van der Waals surface area (Å²) < 4.78 is 0. The molecule has 1 aromatic heterocycles. The topological polar surface area (TPSA) is 69.6 Å². The van der Waals surface area contributed by atoms with Gasteiger partial charge in [-0.2, -0.15) is 0 Å². The van der Waals surface area contributed by atoms with E-state index >= 15 is 0 Å². The molecule has 1 saturated heterocycles. The molecule has 2 heterocycles. The third-order valence-electron chi connectivity index (χ3n) is 4.41. The summed E-state index contributed by atoms with van der Waals surface area (Å²) in [6.07, 6.45) is 3.45. The largest absolute Gasteiger partial charge is 0.352 e. The number of carbonyl (C=O) groups excluding carboxylic acids is 1. The first-order valence-electron chi connectivity index (χ1n) is 8.94. The van der Waals surface area contributed by atoms with Crippen molar-refractivity contribution in [2.45, 2.75) is 32.5 Å². The number of hydrogen-bond acceptors (Lipinski definition) is 3. The molecular weight excluding hydrogens is 326 g/mol. The van der Waals surface area contributed by atoms with Gasteiger partial charge in [0.2, 0.25) is 5.91 Å². The number of amides is 1. The van der Waals surface area contributed by atoms with Crippen molar-refractivity contribution in [3.63, 3.8) is 0 Å². The van der Waals surface area contributed by atoms with Gasteiger partial charge >= 0.3 is 0 Å². The van der Waals surface area contributed by atoms with Crippen molar-refractivity contribution in [2.24, 2.45) is 4.99 Å². The number of nitrogens with one attached hydrogen (secondary N) is 2. The SMILES string of the molecule is CN=C(NCc1ccc(CN2CCCC2=O)cc1)NCc1ccccn1. The molecule has 0 unspecified atom stereocenters. The van der Waals surface area contributed by atoms with Gasteiger partial charge in [-0.3, -0.25) is 14.8 Å². The Balaban J connectivity index is 1.46. The molecule has 1 amide bonds. The number of hydrogen-bond donors (Lipinski definition) is 2. The van der Waals surface area contributed by atoms with E-state index in [-0.39, 0.29) is 5.91 Å². The van der Waals surface area contributed by atoms with Gasteiger partial charge in [-0.05, 0) is 29.7 Å². The van der Waals surface area contributed by atoms with Gasteiger partial charge < -0.3 is 15.5 Å². The van der Waals surface area contributed by atoms with Crippen molar-refractivity contribution in [1.82, 2.24) is 20.5 Å². The standard InChI is InChI=1S/C20H25N5O/c1-21-20(24-14-18-5-2-3-11-22-18)23-13-16-7-9-17(10-8-16)15-25-12-4-6-19(25)26/h2-3,5,7-11H,4,6,12-15H2,1H3,(H2,21,23,24). The summed E-state index contributed by atoms with van der Waals surface area (Å²) in [6.45, 7) is 2.90. The number of nitrogens with zero attached hydrogens (tertiary/aromatic N) is 3. The van der Waals surface area contributed by atoms with E-state index in [1.54, 1.807) is 13.2 Å². The van der Waals surface area contributed by atoms with Gasteiger partial charge in [-0.1, -0.05) is 30.3 Å². The molecule has 1 aliphatic heterocycles. The van der Waals surface area contributed by atoms with Gasteiger partial charge in [0, 0.05) is 39.3 Å². The molecule has 0 aliphatic carbocycles.